The van der Waals surface area contributed by atoms with Gasteiger partial charge in [0.05, 0.1) is 17.9 Å². The summed E-state index contributed by atoms with van der Waals surface area (Å²) in [6.45, 7) is 6.61. The monoisotopic (exact) mass is 353 g/mol. The van der Waals surface area contributed by atoms with Gasteiger partial charge in [0.25, 0.3) is 0 Å². The van der Waals surface area contributed by atoms with Crippen molar-refractivity contribution in [3.05, 3.63) is 64.8 Å². The van der Waals surface area contributed by atoms with Crippen molar-refractivity contribution in [2.75, 3.05) is 7.05 Å². The van der Waals surface area contributed by atoms with Crippen molar-refractivity contribution < 1.29 is 9.32 Å². The Kier molecular flexibility index (Phi) is 5.06. The van der Waals surface area contributed by atoms with Crippen LogP contribution in [0.1, 0.15) is 28.4 Å². The molecule has 7 nitrogen and oxygen atoms in total. The molecule has 0 spiro atoms. The summed E-state index contributed by atoms with van der Waals surface area (Å²) in [5.74, 6) is 0.730. The fourth-order valence-electron chi connectivity index (χ4n) is 2.86. The highest BCUT2D eigenvalue weighted by Gasteiger charge is 2.16. The number of carbonyl (C=O) groups excluding carboxylic acids is 1. The zero-order valence-electron chi connectivity index (χ0n) is 15.5. The number of hydrogen-bond donors (Lipinski definition) is 1. The van der Waals surface area contributed by atoms with Gasteiger partial charge in [-0.2, -0.15) is 5.10 Å². The van der Waals surface area contributed by atoms with E-state index in [1.54, 1.807) is 11.9 Å². The van der Waals surface area contributed by atoms with Crippen molar-refractivity contribution in [3.8, 4) is 5.69 Å². The van der Waals surface area contributed by atoms with Gasteiger partial charge in [0.15, 0.2) is 0 Å². The molecule has 0 aliphatic carbocycles. The lowest BCUT2D eigenvalue weighted by Gasteiger charge is -2.16. The van der Waals surface area contributed by atoms with Crippen LogP contribution in [-0.2, 0) is 13.1 Å². The third kappa shape index (κ3) is 3.77. The standard InChI is InChI=1S/C19H23N5O2/c1-13-10-16(22-26-13)12-23(4)19(25)20-11-18-14(2)21-24(15(18)3)17-8-6-5-7-9-17/h5-10H,11-12H2,1-4H3,(H,20,25). The molecule has 26 heavy (non-hydrogen) atoms. The van der Waals surface area contributed by atoms with E-state index in [4.69, 9.17) is 4.52 Å². The SMILES string of the molecule is Cc1cc(CN(C)C(=O)NCc2c(C)nn(-c3ccccc3)c2C)no1. The molecule has 3 rings (SSSR count). The van der Waals surface area contributed by atoms with E-state index < -0.39 is 0 Å². The first-order chi connectivity index (χ1) is 12.5. The number of nitrogens with zero attached hydrogens (tertiary/aromatic N) is 4. The molecule has 7 heteroatoms. The second-order valence-corrected chi connectivity index (χ2v) is 6.34. The smallest absolute Gasteiger partial charge is 0.317 e. The summed E-state index contributed by atoms with van der Waals surface area (Å²) >= 11 is 0. The van der Waals surface area contributed by atoms with Gasteiger partial charge in [-0.3, -0.25) is 0 Å². The van der Waals surface area contributed by atoms with Crippen LogP contribution in [0.15, 0.2) is 40.9 Å². The molecule has 1 aromatic carbocycles. The molecule has 136 valence electrons. The van der Waals surface area contributed by atoms with Crippen LogP contribution in [0.25, 0.3) is 5.69 Å². The van der Waals surface area contributed by atoms with Crippen molar-refractivity contribution in [3.63, 3.8) is 0 Å². The first kappa shape index (κ1) is 17.7. The van der Waals surface area contributed by atoms with Crippen LogP contribution in [0.4, 0.5) is 4.79 Å². The number of rotatable bonds is 5. The quantitative estimate of drug-likeness (QED) is 0.764. The molecule has 2 heterocycles. The zero-order valence-corrected chi connectivity index (χ0v) is 15.5. The first-order valence-corrected chi connectivity index (χ1v) is 8.47. The molecule has 0 unspecified atom stereocenters. The first-order valence-electron chi connectivity index (χ1n) is 8.47. The Balaban J connectivity index is 1.66. The highest BCUT2D eigenvalue weighted by Crippen LogP contribution is 2.17. The van der Waals surface area contributed by atoms with Gasteiger partial charge in [-0.25, -0.2) is 9.48 Å². The van der Waals surface area contributed by atoms with Crippen molar-refractivity contribution >= 4 is 6.03 Å². The number of nitrogens with one attached hydrogen (secondary N) is 1. The molecule has 0 fully saturated rings. The molecule has 0 atom stereocenters. The summed E-state index contributed by atoms with van der Waals surface area (Å²) in [6.07, 6.45) is 0. The molecule has 3 aromatic rings. The Hall–Kier alpha value is -3.09. The number of amides is 2. The van der Waals surface area contributed by atoms with Crippen LogP contribution in [0, 0.1) is 20.8 Å². The molecule has 0 radical (unpaired) electrons. The van der Waals surface area contributed by atoms with Crippen LogP contribution >= 0.6 is 0 Å². The number of benzene rings is 1. The van der Waals surface area contributed by atoms with E-state index in [1.165, 1.54) is 0 Å². The molecule has 0 aliphatic rings. The summed E-state index contributed by atoms with van der Waals surface area (Å²) in [4.78, 5) is 13.9. The van der Waals surface area contributed by atoms with Crippen molar-refractivity contribution in [1.82, 2.24) is 25.2 Å². The molecule has 1 N–H and O–H groups in total. The zero-order chi connectivity index (χ0) is 18.7. The molecule has 0 aliphatic heterocycles. The molecule has 0 bridgehead atoms. The predicted molar refractivity (Wildman–Crippen MR) is 98.0 cm³/mol. The second-order valence-electron chi connectivity index (χ2n) is 6.34. The van der Waals surface area contributed by atoms with Crippen molar-refractivity contribution in [1.29, 1.82) is 0 Å². The van der Waals surface area contributed by atoms with Gasteiger partial charge in [0, 0.05) is 30.9 Å². The van der Waals surface area contributed by atoms with E-state index >= 15 is 0 Å². The Morgan fingerprint density at radius 1 is 1.23 bits per heavy atom. The summed E-state index contributed by atoms with van der Waals surface area (Å²) in [7, 11) is 1.73. The van der Waals surface area contributed by atoms with Crippen molar-refractivity contribution in [2.45, 2.75) is 33.9 Å². The lowest BCUT2D eigenvalue weighted by atomic mass is 10.2. The van der Waals surface area contributed by atoms with Gasteiger partial charge in [-0.1, -0.05) is 23.4 Å². The number of urea groups is 1. The Labute approximate surface area is 152 Å². The number of aromatic nitrogens is 3. The second kappa shape index (κ2) is 7.43. The van der Waals surface area contributed by atoms with Crippen molar-refractivity contribution in [2.24, 2.45) is 0 Å². The van der Waals surface area contributed by atoms with E-state index in [-0.39, 0.29) is 6.03 Å². The third-order valence-electron chi connectivity index (χ3n) is 4.28. The Bertz CT molecular complexity index is 898. The minimum atomic E-state index is -0.170. The largest absolute Gasteiger partial charge is 0.361 e. The topological polar surface area (TPSA) is 76.2 Å². The minimum Gasteiger partial charge on any atom is -0.361 e. The van der Waals surface area contributed by atoms with E-state index in [2.05, 4.69) is 15.6 Å². The minimum absolute atomic E-state index is 0.170. The number of carbonyl (C=O) groups is 1. The van der Waals surface area contributed by atoms with Gasteiger partial charge in [0.2, 0.25) is 0 Å². The molecule has 2 amide bonds. The molecular weight excluding hydrogens is 330 g/mol. The Morgan fingerprint density at radius 2 is 1.96 bits per heavy atom. The lowest BCUT2D eigenvalue weighted by Crippen LogP contribution is -2.36. The number of hydrogen-bond acceptors (Lipinski definition) is 4. The maximum Gasteiger partial charge on any atom is 0.317 e. The van der Waals surface area contributed by atoms with E-state index in [1.807, 2.05) is 61.9 Å². The molecule has 2 aromatic heterocycles. The Morgan fingerprint density at radius 3 is 2.62 bits per heavy atom. The summed E-state index contributed by atoms with van der Waals surface area (Å²) < 4.78 is 6.93. The fraction of sp³-hybridized carbons (Fsp3) is 0.316. The van der Waals surface area contributed by atoms with Crippen LogP contribution in [0.5, 0.6) is 0 Å². The predicted octanol–water partition coefficient (Wildman–Crippen LogP) is 3.13. The van der Waals surface area contributed by atoms with Crippen LogP contribution in [0.2, 0.25) is 0 Å². The van der Waals surface area contributed by atoms with Gasteiger partial charge in [-0.05, 0) is 32.9 Å². The highest BCUT2D eigenvalue weighted by atomic mass is 16.5. The van der Waals surface area contributed by atoms with E-state index in [0.29, 0.717) is 13.1 Å². The van der Waals surface area contributed by atoms with Crippen LogP contribution in [-0.4, -0.2) is 32.9 Å². The van der Waals surface area contributed by atoms with Gasteiger partial charge in [0.1, 0.15) is 11.5 Å². The van der Waals surface area contributed by atoms with Gasteiger partial charge in [-0.15, -0.1) is 0 Å². The average Bonchev–Trinajstić information content (AvgIpc) is 3.16. The van der Waals surface area contributed by atoms with Crippen LogP contribution < -0.4 is 5.32 Å². The van der Waals surface area contributed by atoms with E-state index in [0.717, 1.165) is 34.1 Å². The van der Waals surface area contributed by atoms with E-state index in [9.17, 15) is 4.79 Å². The van der Waals surface area contributed by atoms with Gasteiger partial charge < -0.3 is 14.7 Å². The van der Waals surface area contributed by atoms with Gasteiger partial charge >= 0.3 is 6.03 Å². The molecule has 0 saturated carbocycles. The normalized spacial score (nSPS) is 10.8. The summed E-state index contributed by atoms with van der Waals surface area (Å²) in [5, 5.41) is 11.5. The molecular formula is C19H23N5O2. The van der Waals surface area contributed by atoms with Crippen LogP contribution in [0.3, 0.4) is 0 Å². The third-order valence-corrected chi connectivity index (χ3v) is 4.28. The number of aryl methyl sites for hydroxylation is 2. The number of para-hydroxylation sites is 1. The maximum atomic E-state index is 12.4. The molecule has 0 saturated heterocycles. The average molecular weight is 353 g/mol. The fourth-order valence-corrected chi connectivity index (χ4v) is 2.86. The lowest BCUT2D eigenvalue weighted by molar-refractivity contribution is 0.205. The summed E-state index contributed by atoms with van der Waals surface area (Å²) in [6, 6.07) is 11.6. The summed E-state index contributed by atoms with van der Waals surface area (Å²) in [5.41, 5.74) is 4.67. The maximum absolute atomic E-state index is 12.4. The highest BCUT2D eigenvalue weighted by molar-refractivity contribution is 5.73.